The lowest BCUT2D eigenvalue weighted by molar-refractivity contribution is -0.117. The van der Waals surface area contributed by atoms with Crippen LogP contribution in [0.5, 0.6) is 0 Å². The highest BCUT2D eigenvalue weighted by Gasteiger charge is 2.33. The topological polar surface area (TPSA) is 75.2 Å². The Hall–Kier alpha value is -2.77. The van der Waals surface area contributed by atoms with E-state index in [0.29, 0.717) is 36.0 Å². The molecule has 1 aliphatic heterocycles. The Kier molecular flexibility index (Phi) is 5.87. The van der Waals surface area contributed by atoms with Gasteiger partial charge < -0.3 is 10.2 Å². The average molecular weight is 427 g/mol. The van der Waals surface area contributed by atoms with Crippen molar-refractivity contribution in [1.29, 1.82) is 0 Å². The number of benzene rings is 2. The van der Waals surface area contributed by atoms with E-state index >= 15 is 0 Å². The zero-order valence-corrected chi connectivity index (χ0v) is 17.1. The number of rotatable bonds is 6. The second kappa shape index (κ2) is 8.71. The Morgan fingerprint density at radius 3 is 2.66 bits per heavy atom. The molecule has 2 amide bonds. The molecule has 2 aromatic carbocycles. The van der Waals surface area contributed by atoms with E-state index in [9.17, 15) is 9.59 Å². The first-order valence-electron chi connectivity index (χ1n) is 9.31. The van der Waals surface area contributed by atoms with E-state index in [4.69, 9.17) is 11.6 Å². The third-order valence-electron chi connectivity index (χ3n) is 4.78. The van der Waals surface area contributed by atoms with Crippen molar-refractivity contribution < 1.29 is 9.59 Å². The number of nitrogens with zero attached hydrogens (tertiary/aromatic N) is 3. The Morgan fingerprint density at radius 1 is 1.14 bits per heavy atom. The van der Waals surface area contributed by atoms with Crippen LogP contribution in [0.25, 0.3) is 0 Å². The van der Waals surface area contributed by atoms with Gasteiger partial charge in [-0.2, -0.15) is 0 Å². The molecule has 1 aliphatic rings. The molecule has 3 aromatic rings. The van der Waals surface area contributed by atoms with E-state index in [-0.39, 0.29) is 17.7 Å². The normalized spacial score (nSPS) is 16.2. The van der Waals surface area contributed by atoms with Crippen molar-refractivity contribution in [3.8, 4) is 0 Å². The summed E-state index contributed by atoms with van der Waals surface area (Å²) in [6.45, 7) is 0.539. The monoisotopic (exact) mass is 426 g/mol. The van der Waals surface area contributed by atoms with Gasteiger partial charge in [-0.3, -0.25) is 9.59 Å². The van der Waals surface area contributed by atoms with Gasteiger partial charge in [-0.05, 0) is 36.2 Å². The highest BCUT2D eigenvalue weighted by molar-refractivity contribution is 7.15. The summed E-state index contributed by atoms with van der Waals surface area (Å²) < 4.78 is 0. The lowest BCUT2D eigenvalue weighted by Gasteiger charge is -2.16. The van der Waals surface area contributed by atoms with E-state index in [1.165, 1.54) is 11.3 Å². The van der Waals surface area contributed by atoms with Crippen molar-refractivity contribution in [2.45, 2.75) is 25.2 Å². The van der Waals surface area contributed by atoms with Gasteiger partial charge in [-0.15, -0.1) is 10.2 Å². The van der Waals surface area contributed by atoms with Gasteiger partial charge in [-0.1, -0.05) is 53.3 Å². The van der Waals surface area contributed by atoms with E-state index in [2.05, 4.69) is 15.5 Å². The molecule has 1 atom stereocenters. The fraction of sp³-hybridized carbons (Fsp3) is 0.238. The standard InChI is InChI=1S/C21H19ClN4O2S/c22-16-7-9-17(10-8-16)26-13-15(12-19(26)28)20-24-25-21(29-20)23-18(27)11-6-14-4-2-1-3-5-14/h1-5,7-10,15H,6,11-13H2,(H,23,25,27)/t15-/m0/s1. The Labute approximate surface area is 177 Å². The summed E-state index contributed by atoms with van der Waals surface area (Å²) in [5.41, 5.74) is 1.94. The minimum Gasteiger partial charge on any atom is -0.312 e. The minimum absolute atomic E-state index is 0.0364. The van der Waals surface area contributed by atoms with Crippen LogP contribution in [-0.4, -0.2) is 28.6 Å². The molecule has 6 nitrogen and oxygen atoms in total. The predicted octanol–water partition coefficient (Wildman–Crippen LogP) is 4.28. The molecule has 148 valence electrons. The molecule has 0 unspecified atom stereocenters. The molecule has 1 N–H and O–H groups in total. The molecule has 2 heterocycles. The maximum atomic E-state index is 12.4. The zero-order chi connectivity index (χ0) is 20.2. The summed E-state index contributed by atoms with van der Waals surface area (Å²) in [4.78, 5) is 26.4. The van der Waals surface area contributed by atoms with Gasteiger partial charge in [0, 0.05) is 36.0 Å². The van der Waals surface area contributed by atoms with Crippen LogP contribution in [0.4, 0.5) is 10.8 Å². The van der Waals surface area contributed by atoms with Crippen LogP contribution in [0, 0.1) is 0 Å². The molecule has 0 saturated carbocycles. The minimum atomic E-state index is -0.0955. The Balaban J connectivity index is 1.34. The molecule has 29 heavy (non-hydrogen) atoms. The fourth-order valence-corrected chi connectivity index (χ4v) is 4.25. The molecule has 4 rings (SSSR count). The molecule has 0 bridgehead atoms. The molecule has 1 saturated heterocycles. The molecule has 0 radical (unpaired) electrons. The fourth-order valence-electron chi connectivity index (χ4n) is 3.28. The maximum absolute atomic E-state index is 12.4. The van der Waals surface area contributed by atoms with Crippen LogP contribution in [0.3, 0.4) is 0 Å². The van der Waals surface area contributed by atoms with E-state index in [1.807, 2.05) is 42.5 Å². The van der Waals surface area contributed by atoms with Gasteiger partial charge in [0.25, 0.3) is 0 Å². The van der Waals surface area contributed by atoms with Crippen molar-refractivity contribution in [2.75, 3.05) is 16.8 Å². The van der Waals surface area contributed by atoms with Crippen molar-refractivity contribution in [3.05, 3.63) is 70.2 Å². The molecule has 8 heteroatoms. The Bertz CT molecular complexity index is 1010. The van der Waals surface area contributed by atoms with Crippen molar-refractivity contribution >= 4 is 45.6 Å². The van der Waals surface area contributed by atoms with E-state index in [0.717, 1.165) is 16.3 Å². The predicted molar refractivity (Wildman–Crippen MR) is 114 cm³/mol. The highest BCUT2D eigenvalue weighted by Crippen LogP contribution is 2.34. The van der Waals surface area contributed by atoms with Gasteiger partial charge in [-0.25, -0.2) is 0 Å². The zero-order valence-electron chi connectivity index (χ0n) is 15.5. The van der Waals surface area contributed by atoms with Crippen LogP contribution in [-0.2, 0) is 16.0 Å². The van der Waals surface area contributed by atoms with Crippen LogP contribution >= 0.6 is 22.9 Å². The van der Waals surface area contributed by atoms with Crippen LogP contribution in [0.1, 0.15) is 29.3 Å². The van der Waals surface area contributed by atoms with Crippen molar-refractivity contribution in [2.24, 2.45) is 0 Å². The summed E-state index contributed by atoms with van der Waals surface area (Å²) in [5.74, 6) is -0.0894. The van der Waals surface area contributed by atoms with Gasteiger partial charge in [0.15, 0.2) is 0 Å². The number of carbonyl (C=O) groups excluding carboxylic acids is 2. The number of halogens is 1. The molecule has 1 aromatic heterocycles. The molecule has 0 spiro atoms. The maximum Gasteiger partial charge on any atom is 0.227 e. The third-order valence-corrected chi connectivity index (χ3v) is 6.04. The summed E-state index contributed by atoms with van der Waals surface area (Å²) in [5, 5.41) is 12.9. The smallest absolute Gasteiger partial charge is 0.227 e. The average Bonchev–Trinajstić information content (AvgIpc) is 3.34. The van der Waals surface area contributed by atoms with Crippen LogP contribution < -0.4 is 10.2 Å². The number of carbonyl (C=O) groups is 2. The quantitative estimate of drug-likeness (QED) is 0.638. The lowest BCUT2D eigenvalue weighted by atomic mass is 10.1. The van der Waals surface area contributed by atoms with Gasteiger partial charge in [0.05, 0.1) is 0 Å². The van der Waals surface area contributed by atoms with Crippen molar-refractivity contribution in [3.63, 3.8) is 0 Å². The number of nitrogens with one attached hydrogen (secondary N) is 1. The van der Waals surface area contributed by atoms with E-state index in [1.54, 1.807) is 17.0 Å². The SMILES string of the molecule is O=C(CCc1ccccc1)Nc1nnc([C@H]2CC(=O)N(c3ccc(Cl)cc3)C2)s1. The van der Waals surface area contributed by atoms with Crippen LogP contribution in [0.15, 0.2) is 54.6 Å². The first kappa shape index (κ1) is 19.5. The molecule has 1 fully saturated rings. The number of aryl methyl sites for hydroxylation is 1. The summed E-state index contributed by atoms with van der Waals surface area (Å²) in [6, 6.07) is 17.1. The lowest BCUT2D eigenvalue weighted by Crippen LogP contribution is -2.24. The number of hydrogen-bond donors (Lipinski definition) is 1. The first-order valence-corrected chi connectivity index (χ1v) is 10.5. The van der Waals surface area contributed by atoms with Gasteiger partial charge in [0.1, 0.15) is 5.01 Å². The second-order valence-corrected chi connectivity index (χ2v) is 8.31. The summed E-state index contributed by atoms with van der Waals surface area (Å²) in [7, 11) is 0. The molecular formula is C21H19ClN4O2S. The first-order chi connectivity index (χ1) is 14.1. The highest BCUT2D eigenvalue weighted by atomic mass is 35.5. The number of anilines is 2. The summed E-state index contributed by atoms with van der Waals surface area (Å²) in [6.07, 6.45) is 1.43. The Morgan fingerprint density at radius 2 is 1.90 bits per heavy atom. The van der Waals surface area contributed by atoms with Crippen LogP contribution in [0.2, 0.25) is 5.02 Å². The molecular weight excluding hydrogens is 408 g/mol. The summed E-state index contributed by atoms with van der Waals surface area (Å²) >= 11 is 7.25. The number of hydrogen-bond acceptors (Lipinski definition) is 5. The number of aromatic nitrogens is 2. The van der Waals surface area contributed by atoms with Crippen molar-refractivity contribution in [1.82, 2.24) is 10.2 Å². The molecule has 0 aliphatic carbocycles. The van der Waals surface area contributed by atoms with Gasteiger partial charge in [0.2, 0.25) is 16.9 Å². The largest absolute Gasteiger partial charge is 0.312 e. The van der Waals surface area contributed by atoms with Gasteiger partial charge >= 0.3 is 0 Å². The number of amides is 2. The third kappa shape index (κ3) is 4.81. The van der Waals surface area contributed by atoms with E-state index < -0.39 is 0 Å². The second-order valence-electron chi connectivity index (χ2n) is 6.86.